The van der Waals surface area contributed by atoms with Gasteiger partial charge >= 0.3 is 0 Å². The van der Waals surface area contributed by atoms with Crippen LogP contribution in [0.25, 0.3) is 0 Å². The van der Waals surface area contributed by atoms with Crippen LogP contribution in [0, 0.1) is 0 Å². The average Bonchev–Trinajstić information content (AvgIpc) is 3.01. The second-order valence-corrected chi connectivity index (χ2v) is 5.61. The zero-order valence-electron chi connectivity index (χ0n) is 13.3. The van der Waals surface area contributed by atoms with E-state index in [0.717, 1.165) is 24.7 Å². The van der Waals surface area contributed by atoms with Crippen LogP contribution in [0.15, 0.2) is 42.7 Å². The maximum absolute atomic E-state index is 12.6. The lowest BCUT2D eigenvalue weighted by molar-refractivity contribution is -0.135. The summed E-state index contributed by atoms with van der Waals surface area (Å²) in [5, 5.41) is 3.34. The van der Waals surface area contributed by atoms with Crippen molar-refractivity contribution in [3.63, 3.8) is 0 Å². The third kappa shape index (κ3) is 3.71. The lowest BCUT2D eigenvalue weighted by atomic mass is 10.1. The van der Waals surface area contributed by atoms with Crippen molar-refractivity contribution < 1.29 is 9.53 Å². The first-order chi connectivity index (χ1) is 11.3. The number of nitrogens with one attached hydrogen (secondary N) is 1. The summed E-state index contributed by atoms with van der Waals surface area (Å²) >= 11 is 0. The zero-order valence-corrected chi connectivity index (χ0v) is 13.3. The second-order valence-electron chi connectivity index (χ2n) is 5.61. The number of carbonyl (C=O) groups is 1. The van der Waals surface area contributed by atoms with Crippen LogP contribution in [0.4, 0.5) is 0 Å². The van der Waals surface area contributed by atoms with E-state index >= 15 is 0 Å². The molecule has 2 aromatic rings. The number of ether oxygens (including phenoxy) is 1. The third-order valence-corrected chi connectivity index (χ3v) is 4.05. The molecule has 0 radical (unpaired) electrons. The van der Waals surface area contributed by atoms with Gasteiger partial charge in [0.2, 0.25) is 5.91 Å². The van der Waals surface area contributed by atoms with Gasteiger partial charge in [0.05, 0.1) is 13.0 Å². The van der Waals surface area contributed by atoms with Gasteiger partial charge < -0.3 is 19.5 Å². The van der Waals surface area contributed by atoms with E-state index in [2.05, 4.69) is 10.3 Å². The molecule has 0 bridgehead atoms. The van der Waals surface area contributed by atoms with Crippen molar-refractivity contribution >= 4 is 5.91 Å². The van der Waals surface area contributed by atoms with Crippen molar-refractivity contribution in [1.82, 2.24) is 19.8 Å². The number of hydrogen-bond acceptors (Lipinski definition) is 4. The molecular formula is C17H22N4O2. The molecule has 1 atom stereocenters. The predicted molar refractivity (Wildman–Crippen MR) is 87.1 cm³/mol. The molecule has 1 fully saturated rings. The summed E-state index contributed by atoms with van der Waals surface area (Å²) in [4.78, 5) is 18.9. The maximum Gasteiger partial charge on any atom is 0.226 e. The number of carbonyl (C=O) groups excluding carboxylic acids is 1. The molecule has 122 valence electrons. The minimum atomic E-state index is -0.0204. The van der Waals surface area contributed by atoms with E-state index in [4.69, 9.17) is 4.74 Å². The Bertz CT molecular complexity index is 641. The molecule has 1 amide bonds. The van der Waals surface area contributed by atoms with Crippen LogP contribution in [0.5, 0.6) is 5.75 Å². The topological polar surface area (TPSA) is 59.4 Å². The number of nitrogens with zero attached hydrogens (tertiary/aromatic N) is 3. The minimum absolute atomic E-state index is 0.0204. The number of imidazole rings is 1. The molecule has 3 rings (SSSR count). The van der Waals surface area contributed by atoms with Gasteiger partial charge in [-0.25, -0.2) is 4.98 Å². The van der Waals surface area contributed by atoms with Gasteiger partial charge in [-0.1, -0.05) is 18.2 Å². The number of rotatable bonds is 5. The molecule has 6 heteroatoms. The van der Waals surface area contributed by atoms with E-state index in [0.29, 0.717) is 19.6 Å². The van der Waals surface area contributed by atoms with E-state index in [1.807, 2.05) is 53.0 Å². The SMILES string of the molecule is Cn1ccnc1C1CNCCN1C(=O)CCOc1ccccc1. The van der Waals surface area contributed by atoms with E-state index in [1.54, 1.807) is 6.20 Å². The molecule has 1 unspecified atom stereocenters. The van der Waals surface area contributed by atoms with Crippen LogP contribution >= 0.6 is 0 Å². The molecule has 23 heavy (non-hydrogen) atoms. The number of aromatic nitrogens is 2. The zero-order chi connectivity index (χ0) is 16.1. The highest BCUT2D eigenvalue weighted by Crippen LogP contribution is 2.21. The highest BCUT2D eigenvalue weighted by atomic mass is 16.5. The van der Waals surface area contributed by atoms with Crippen LogP contribution in [-0.2, 0) is 11.8 Å². The van der Waals surface area contributed by atoms with Crippen LogP contribution in [-0.4, -0.2) is 46.6 Å². The largest absolute Gasteiger partial charge is 0.493 e. The van der Waals surface area contributed by atoms with Gasteiger partial charge in [0.1, 0.15) is 17.6 Å². The molecule has 0 spiro atoms. The summed E-state index contributed by atoms with van der Waals surface area (Å²) in [6, 6.07) is 9.55. The predicted octanol–water partition coefficient (Wildman–Crippen LogP) is 1.36. The van der Waals surface area contributed by atoms with Crippen molar-refractivity contribution in [3.05, 3.63) is 48.5 Å². The number of para-hydroxylation sites is 1. The number of piperazine rings is 1. The monoisotopic (exact) mass is 314 g/mol. The molecule has 2 heterocycles. The Kier molecular flexibility index (Phi) is 4.92. The fourth-order valence-electron chi connectivity index (χ4n) is 2.85. The van der Waals surface area contributed by atoms with Gasteiger partial charge in [-0.3, -0.25) is 4.79 Å². The molecule has 6 nitrogen and oxygen atoms in total. The van der Waals surface area contributed by atoms with Crippen LogP contribution in [0.2, 0.25) is 0 Å². The Labute approximate surface area is 136 Å². The van der Waals surface area contributed by atoms with Gasteiger partial charge in [-0.05, 0) is 12.1 Å². The number of amides is 1. The van der Waals surface area contributed by atoms with E-state index in [1.165, 1.54) is 0 Å². The molecular weight excluding hydrogens is 292 g/mol. The maximum atomic E-state index is 12.6. The summed E-state index contributed by atoms with van der Waals surface area (Å²) in [7, 11) is 1.96. The minimum Gasteiger partial charge on any atom is -0.493 e. The first-order valence-electron chi connectivity index (χ1n) is 7.91. The molecule has 1 saturated heterocycles. The summed E-state index contributed by atoms with van der Waals surface area (Å²) in [6.45, 7) is 2.63. The first-order valence-corrected chi connectivity index (χ1v) is 7.91. The summed E-state index contributed by atoms with van der Waals surface area (Å²) in [5.41, 5.74) is 0. The Morgan fingerprint density at radius 3 is 2.96 bits per heavy atom. The molecule has 1 aliphatic heterocycles. The van der Waals surface area contributed by atoms with Crippen molar-refractivity contribution in [2.24, 2.45) is 7.05 Å². The van der Waals surface area contributed by atoms with E-state index in [9.17, 15) is 4.79 Å². The molecule has 0 aliphatic carbocycles. The number of hydrogen-bond donors (Lipinski definition) is 1. The summed E-state index contributed by atoms with van der Waals surface area (Å²) < 4.78 is 7.60. The van der Waals surface area contributed by atoms with Gasteiger partial charge in [0.15, 0.2) is 0 Å². The normalized spacial score (nSPS) is 18.0. The fourth-order valence-corrected chi connectivity index (χ4v) is 2.85. The van der Waals surface area contributed by atoms with Crippen molar-refractivity contribution in [2.75, 3.05) is 26.2 Å². The molecule has 1 aromatic heterocycles. The third-order valence-electron chi connectivity index (χ3n) is 4.05. The average molecular weight is 314 g/mol. The summed E-state index contributed by atoms with van der Waals surface area (Å²) in [5.74, 6) is 1.81. The van der Waals surface area contributed by atoms with Crippen LogP contribution < -0.4 is 10.1 Å². The summed E-state index contributed by atoms with van der Waals surface area (Å²) in [6.07, 6.45) is 4.05. The number of aryl methyl sites for hydroxylation is 1. The smallest absolute Gasteiger partial charge is 0.226 e. The molecule has 1 aromatic carbocycles. The molecule has 0 saturated carbocycles. The van der Waals surface area contributed by atoms with Gasteiger partial charge in [-0.15, -0.1) is 0 Å². The Morgan fingerprint density at radius 2 is 2.22 bits per heavy atom. The van der Waals surface area contributed by atoms with Crippen molar-refractivity contribution in [2.45, 2.75) is 12.5 Å². The number of benzene rings is 1. The lowest BCUT2D eigenvalue weighted by Crippen LogP contribution is -2.49. The van der Waals surface area contributed by atoms with Crippen LogP contribution in [0.3, 0.4) is 0 Å². The van der Waals surface area contributed by atoms with E-state index < -0.39 is 0 Å². The van der Waals surface area contributed by atoms with Crippen molar-refractivity contribution in [3.8, 4) is 5.75 Å². The Morgan fingerprint density at radius 1 is 1.39 bits per heavy atom. The fraction of sp³-hybridized carbons (Fsp3) is 0.412. The molecule has 1 aliphatic rings. The quantitative estimate of drug-likeness (QED) is 0.905. The molecule has 1 N–H and O–H groups in total. The standard InChI is InChI=1S/C17H22N4O2/c1-20-10-9-19-17(20)15-13-18-8-11-21(15)16(22)7-12-23-14-5-3-2-4-6-14/h2-6,9-10,15,18H,7-8,11-13H2,1H3. The first kappa shape index (κ1) is 15.6. The van der Waals surface area contributed by atoms with Crippen molar-refractivity contribution in [1.29, 1.82) is 0 Å². The highest BCUT2D eigenvalue weighted by Gasteiger charge is 2.30. The Hall–Kier alpha value is -2.34. The Balaban J connectivity index is 1.59. The second kappa shape index (κ2) is 7.28. The van der Waals surface area contributed by atoms with Gasteiger partial charge in [0.25, 0.3) is 0 Å². The van der Waals surface area contributed by atoms with Gasteiger partial charge in [-0.2, -0.15) is 0 Å². The van der Waals surface area contributed by atoms with Crippen LogP contribution in [0.1, 0.15) is 18.3 Å². The highest BCUT2D eigenvalue weighted by molar-refractivity contribution is 5.77. The van der Waals surface area contributed by atoms with Gasteiger partial charge in [0, 0.05) is 39.1 Å². The van der Waals surface area contributed by atoms with E-state index in [-0.39, 0.29) is 11.9 Å². The lowest BCUT2D eigenvalue weighted by Gasteiger charge is -2.35.